The molecule has 1 aliphatic rings. The summed E-state index contributed by atoms with van der Waals surface area (Å²) < 4.78 is 4.35. The molecule has 0 atom stereocenters. The van der Waals surface area contributed by atoms with Crippen LogP contribution in [-0.4, -0.2) is 23.1 Å². The van der Waals surface area contributed by atoms with Gasteiger partial charge in [0.1, 0.15) is 0 Å². The van der Waals surface area contributed by atoms with Gasteiger partial charge in [-0.2, -0.15) is 0 Å². The second kappa shape index (κ2) is 4.70. The lowest BCUT2D eigenvalue weighted by molar-refractivity contribution is 0.0444. The molecule has 1 N–H and O–H groups in total. The highest BCUT2D eigenvalue weighted by Crippen LogP contribution is 2.18. The van der Waals surface area contributed by atoms with Gasteiger partial charge >= 0.3 is 11.9 Å². The first-order chi connectivity index (χ1) is 7.02. The van der Waals surface area contributed by atoms with Gasteiger partial charge in [-0.15, -0.1) is 0 Å². The second-order valence-electron chi connectivity index (χ2n) is 3.32. The fourth-order valence-electron chi connectivity index (χ4n) is 1.03. The van der Waals surface area contributed by atoms with Crippen LogP contribution in [0, 0.1) is 0 Å². The lowest BCUT2D eigenvalue weighted by Gasteiger charge is -1.86. The highest BCUT2D eigenvalue weighted by atomic mass is 16.6. The molecule has 1 aromatic carbocycles. The summed E-state index contributed by atoms with van der Waals surface area (Å²) in [6, 6.07) is 6.53. The maximum absolute atomic E-state index is 10.8. The molecule has 1 heterocycles. The minimum Gasteiger partial charge on any atom is -0.394 e. The highest BCUT2D eigenvalue weighted by Gasteiger charge is 2.28. The van der Waals surface area contributed by atoms with Crippen molar-refractivity contribution in [1.29, 1.82) is 0 Å². The normalized spacial score (nSPS) is 13.1. The van der Waals surface area contributed by atoms with E-state index in [-0.39, 0.29) is 6.10 Å². The van der Waals surface area contributed by atoms with E-state index in [2.05, 4.69) is 4.74 Å². The van der Waals surface area contributed by atoms with Gasteiger partial charge in [-0.05, 0) is 26.0 Å². The van der Waals surface area contributed by atoms with Crippen molar-refractivity contribution in [2.45, 2.75) is 20.0 Å². The lowest BCUT2D eigenvalue weighted by atomic mass is 10.1. The van der Waals surface area contributed by atoms with Crippen molar-refractivity contribution < 1.29 is 19.4 Å². The molecule has 1 aliphatic heterocycles. The van der Waals surface area contributed by atoms with Crippen molar-refractivity contribution in [2.24, 2.45) is 0 Å². The van der Waals surface area contributed by atoms with E-state index in [1.165, 1.54) is 0 Å². The molecule has 0 saturated heterocycles. The van der Waals surface area contributed by atoms with Crippen LogP contribution in [0.5, 0.6) is 0 Å². The zero-order valence-corrected chi connectivity index (χ0v) is 8.56. The van der Waals surface area contributed by atoms with Crippen LogP contribution in [-0.2, 0) is 4.74 Å². The third kappa shape index (κ3) is 2.89. The van der Waals surface area contributed by atoms with E-state index < -0.39 is 11.9 Å². The van der Waals surface area contributed by atoms with Gasteiger partial charge in [0, 0.05) is 6.10 Å². The summed E-state index contributed by atoms with van der Waals surface area (Å²) in [6.07, 6.45) is -0.167. The zero-order valence-electron chi connectivity index (χ0n) is 8.56. The summed E-state index contributed by atoms with van der Waals surface area (Å²) in [7, 11) is 0. The predicted molar refractivity (Wildman–Crippen MR) is 53.5 cm³/mol. The number of fused-ring (bicyclic) bond motifs is 1. The Balaban J connectivity index is 0.000000245. The molecular formula is C11H12O4. The molecule has 0 spiro atoms. The fourth-order valence-corrected chi connectivity index (χ4v) is 1.03. The van der Waals surface area contributed by atoms with E-state index in [4.69, 9.17) is 5.11 Å². The Morgan fingerprint density at radius 2 is 1.40 bits per heavy atom. The molecular weight excluding hydrogens is 196 g/mol. The molecule has 0 aromatic heterocycles. The summed E-state index contributed by atoms with van der Waals surface area (Å²) in [5.41, 5.74) is 0.718. The Labute approximate surface area is 87.5 Å². The number of carbonyl (C=O) groups is 2. The molecule has 0 bridgehead atoms. The van der Waals surface area contributed by atoms with Crippen LogP contribution >= 0.6 is 0 Å². The van der Waals surface area contributed by atoms with Crippen LogP contribution in [0.25, 0.3) is 0 Å². The Kier molecular flexibility index (Phi) is 3.57. The van der Waals surface area contributed by atoms with Crippen LogP contribution in [0.15, 0.2) is 24.3 Å². The van der Waals surface area contributed by atoms with Crippen LogP contribution < -0.4 is 0 Å². The average Bonchev–Trinajstić information content (AvgIpc) is 2.43. The van der Waals surface area contributed by atoms with Gasteiger partial charge in [0.15, 0.2) is 0 Å². The summed E-state index contributed by atoms with van der Waals surface area (Å²) in [4.78, 5) is 21.7. The number of ether oxygens (including phenoxy) is 1. The molecule has 15 heavy (non-hydrogen) atoms. The van der Waals surface area contributed by atoms with E-state index >= 15 is 0 Å². The molecule has 0 amide bonds. The van der Waals surface area contributed by atoms with E-state index in [9.17, 15) is 9.59 Å². The molecule has 80 valence electrons. The largest absolute Gasteiger partial charge is 0.394 e. The summed E-state index contributed by atoms with van der Waals surface area (Å²) >= 11 is 0. The molecule has 0 aliphatic carbocycles. The molecule has 4 nitrogen and oxygen atoms in total. The predicted octanol–water partition coefficient (Wildman–Crippen LogP) is 1.38. The second-order valence-corrected chi connectivity index (χ2v) is 3.32. The minimum absolute atomic E-state index is 0.167. The molecule has 0 fully saturated rings. The number of carbonyl (C=O) groups excluding carboxylic acids is 2. The molecule has 0 saturated carbocycles. The van der Waals surface area contributed by atoms with Crippen molar-refractivity contribution in [3.05, 3.63) is 35.4 Å². The van der Waals surface area contributed by atoms with Crippen LogP contribution in [0.2, 0.25) is 0 Å². The molecule has 4 heteroatoms. The summed E-state index contributed by atoms with van der Waals surface area (Å²) in [6.45, 7) is 3.44. The number of benzene rings is 1. The topological polar surface area (TPSA) is 63.6 Å². The maximum Gasteiger partial charge on any atom is 0.346 e. The monoisotopic (exact) mass is 208 g/mol. The van der Waals surface area contributed by atoms with Crippen LogP contribution in [0.3, 0.4) is 0 Å². The van der Waals surface area contributed by atoms with Crippen molar-refractivity contribution >= 4 is 11.9 Å². The number of hydrogen-bond donors (Lipinski definition) is 1. The molecule has 0 unspecified atom stereocenters. The third-order valence-electron chi connectivity index (χ3n) is 1.55. The van der Waals surface area contributed by atoms with E-state index in [1.807, 2.05) is 0 Å². The Bertz CT molecular complexity index is 346. The first kappa shape index (κ1) is 11.4. The fraction of sp³-hybridized carbons (Fsp3) is 0.273. The number of rotatable bonds is 0. The van der Waals surface area contributed by atoms with Crippen LogP contribution in [0.1, 0.15) is 34.6 Å². The molecule has 1 aromatic rings. The van der Waals surface area contributed by atoms with E-state index in [1.54, 1.807) is 38.1 Å². The smallest absolute Gasteiger partial charge is 0.346 e. The number of hydrogen-bond acceptors (Lipinski definition) is 4. The molecule has 0 radical (unpaired) electrons. The lowest BCUT2D eigenvalue weighted by Crippen LogP contribution is -1.96. The SMILES string of the molecule is CC(C)O.O=C1OC(=O)c2ccccc21. The van der Waals surface area contributed by atoms with Crippen molar-refractivity contribution in [3.63, 3.8) is 0 Å². The number of esters is 2. The van der Waals surface area contributed by atoms with Crippen molar-refractivity contribution in [3.8, 4) is 0 Å². The number of aliphatic hydroxyl groups is 1. The van der Waals surface area contributed by atoms with Gasteiger partial charge < -0.3 is 9.84 Å². The Morgan fingerprint density at radius 3 is 1.73 bits per heavy atom. The van der Waals surface area contributed by atoms with Gasteiger partial charge in [-0.3, -0.25) is 0 Å². The summed E-state index contributed by atoms with van der Waals surface area (Å²) in [5, 5.41) is 8.06. The molecule has 2 rings (SSSR count). The minimum atomic E-state index is -0.550. The van der Waals surface area contributed by atoms with Crippen molar-refractivity contribution in [2.75, 3.05) is 0 Å². The first-order valence-electron chi connectivity index (χ1n) is 4.56. The first-order valence-corrected chi connectivity index (χ1v) is 4.56. The van der Waals surface area contributed by atoms with Gasteiger partial charge in [0.2, 0.25) is 0 Å². The van der Waals surface area contributed by atoms with Crippen molar-refractivity contribution in [1.82, 2.24) is 0 Å². The number of aliphatic hydroxyl groups excluding tert-OH is 1. The Hall–Kier alpha value is -1.68. The van der Waals surface area contributed by atoms with Gasteiger partial charge in [-0.1, -0.05) is 12.1 Å². The van der Waals surface area contributed by atoms with E-state index in [0.29, 0.717) is 11.1 Å². The van der Waals surface area contributed by atoms with Gasteiger partial charge in [0.25, 0.3) is 0 Å². The number of cyclic esters (lactones) is 2. The Morgan fingerprint density at radius 1 is 1.07 bits per heavy atom. The zero-order chi connectivity index (χ0) is 11.4. The maximum atomic E-state index is 10.8. The third-order valence-corrected chi connectivity index (χ3v) is 1.55. The summed E-state index contributed by atoms with van der Waals surface area (Å²) in [5.74, 6) is -1.10. The average molecular weight is 208 g/mol. The van der Waals surface area contributed by atoms with Crippen LogP contribution in [0.4, 0.5) is 0 Å². The van der Waals surface area contributed by atoms with Gasteiger partial charge in [-0.25, -0.2) is 9.59 Å². The quantitative estimate of drug-likeness (QED) is 0.517. The van der Waals surface area contributed by atoms with E-state index in [0.717, 1.165) is 0 Å². The van der Waals surface area contributed by atoms with Gasteiger partial charge in [0.05, 0.1) is 11.1 Å². The highest BCUT2D eigenvalue weighted by molar-refractivity contribution is 6.14. The standard InChI is InChI=1S/C8H4O3.C3H8O/c9-7-5-3-1-2-4-6(5)8(10)11-7;1-3(2)4/h1-4H;3-4H,1-2H3.